The Hall–Kier alpha value is -1.61. The molecule has 3 nitrogen and oxygen atoms in total. The van der Waals surface area contributed by atoms with E-state index in [0.717, 1.165) is 18.3 Å². The Morgan fingerprint density at radius 3 is 2.76 bits per heavy atom. The minimum Gasteiger partial charge on any atom is -0.330 e. The van der Waals surface area contributed by atoms with E-state index in [1.54, 1.807) is 0 Å². The van der Waals surface area contributed by atoms with Gasteiger partial charge in [-0.1, -0.05) is 36.8 Å². The number of aromatic nitrogens is 2. The molecule has 2 fully saturated rings. The summed E-state index contributed by atoms with van der Waals surface area (Å²) in [6.07, 6.45) is 10.4. The van der Waals surface area contributed by atoms with Crippen molar-refractivity contribution in [3.63, 3.8) is 0 Å². The number of imidazole rings is 1. The zero-order valence-electron chi connectivity index (χ0n) is 12.4. The quantitative estimate of drug-likeness (QED) is 0.932. The van der Waals surface area contributed by atoms with Crippen molar-refractivity contribution in [3.8, 4) is 0 Å². The standard InChI is InChI=1S/C18H23N3/c19-16(9-13-4-2-1-3-5-13)18-11-20-12-21(18)17-10-14-6-7-15(17)8-14/h1-5,11-12,14-17H,6-10,19H2/t14?,15?,16-,17?/m1/s1. The van der Waals surface area contributed by atoms with Gasteiger partial charge >= 0.3 is 0 Å². The van der Waals surface area contributed by atoms with Crippen molar-refractivity contribution in [3.05, 3.63) is 54.1 Å². The maximum absolute atomic E-state index is 6.48. The zero-order valence-corrected chi connectivity index (χ0v) is 12.4. The highest BCUT2D eigenvalue weighted by Gasteiger charge is 2.41. The van der Waals surface area contributed by atoms with Gasteiger partial charge in [0.05, 0.1) is 18.1 Å². The lowest BCUT2D eigenvalue weighted by Gasteiger charge is -2.26. The van der Waals surface area contributed by atoms with Crippen LogP contribution in [0.2, 0.25) is 0 Å². The molecule has 2 aromatic rings. The summed E-state index contributed by atoms with van der Waals surface area (Å²) in [5.74, 6) is 1.80. The number of benzene rings is 1. The van der Waals surface area contributed by atoms with Crippen LogP contribution in [0.3, 0.4) is 0 Å². The summed E-state index contributed by atoms with van der Waals surface area (Å²) in [7, 11) is 0. The molecule has 1 aromatic carbocycles. The molecule has 2 aliphatic carbocycles. The van der Waals surface area contributed by atoms with Gasteiger partial charge in [0.1, 0.15) is 0 Å². The Kier molecular flexibility index (Phi) is 3.30. The molecular weight excluding hydrogens is 258 g/mol. The first-order valence-corrected chi connectivity index (χ1v) is 8.12. The Morgan fingerprint density at radius 2 is 2.05 bits per heavy atom. The lowest BCUT2D eigenvalue weighted by Crippen LogP contribution is -2.23. The van der Waals surface area contributed by atoms with Gasteiger partial charge in [0, 0.05) is 12.2 Å². The second-order valence-corrected chi connectivity index (χ2v) is 6.76. The van der Waals surface area contributed by atoms with Crippen LogP contribution in [0.25, 0.3) is 0 Å². The number of nitrogens with zero attached hydrogens (tertiary/aromatic N) is 2. The van der Waals surface area contributed by atoms with Crippen LogP contribution in [0.15, 0.2) is 42.9 Å². The van der Waals surface area contributed by atoms with Crippen LogP contribution < -0.4 is 5.73 Å². The summed E-state index contributed by atoms with van der Waals surface area (Å²) in [5, 5.41) is 0. The summed E-state index contributed by atoms with van der Waals surface area (Å²) < 4.78 is 2.39. The molecule has 0 aliphatic heterocycles. The van der Waals surface area contributed by atoms with Crippen LogP contribution in [0.5, 0.6) is 0 Å². The smallest absolute Gasteiger partial charge is 0.0951 e. The molecule has 4 rings (SSSR count). The third-order valence-corrected chi connectivity index (χ3v) is 5.43. The third kappa shape index (κ3) is 2.40. The molecule has 3 heteroatoms. The van der Waals surface area contributed by atoms with Crippen molar-refractivity contribution in [2.45, 2.75) is 44.2 Å². The van der Waals surface area contributed by atoms with E-state index in [-0.39, 0.29) is 6.04 Å². The maximum Gasteiger partial charge on any atom is 0.0951 e. The second kappa shape index (κ2) is 5.30. The summed E-state index contributed by atoms with van der Waals surface area (Å²) in [4.78, 5) is 4.40. The lowest BCUT2D eigenvalue weighted by molar-refractivity contribution is 0.319. The molecule has 2 aliphatic rings. The van der Waals surface area contributed by atoms with Crippen LogP contribution in [0.1, 0.15) is 49.0 Å². The summed E-state index contributed by atoms with van der Waals surface area (Å²) in [6, 6.07) is 11.2. The average molecular weight is 281 g/mol. The fourth-order valence-corrected chi connectivity index (χ4v) is 4.40. The van der Waals surface area contributed by atoms with Crippen molar-refractivity contribution in [2.75, 3.05) is 0 Å². The van der Waals surface area contributed by atoms with Gasteiger partial charge in [0.25, 0.3) is 0 Å². The molecule has 0 saturated heterocycles. The van der Waals surface area contributed by atoms with Crippen LogP contribution in [0, 0.1) is 11.8 Å². The summed E-state index contributed by atoms with van der Waals surface area (Å²) in [5.41, 5.74) is 8.98. The third-order valence-electron chi connectivity index (χ3n) is 5.43. The molecule has 2 saturated carbocycles. The minimum atomic E-state index is 0.0361. The van der Waals surface area contributed by atoms with E-state index in [0.29, 0.717) is 6.04 Å². The highest BCUT2D eigenvalue weighted by atomic mass is 15.1. The average Bonchev–Trinajstić information content (AvgIpc) is 3.24. The van der Waals surface area contributed by atoms with Crippen LogP contribution in [-0.2, 0) is 6.42 Å². The van der Waals surface area contributed by atoms with Crippen LogP contribution in [-0.4, -0.2) is 9.55 Å². The van der Waals surface area contributed by atoms with Crippen molar-refractivity contribution in [2.24, 2.45) is 17.6 Å². The Balaban J connectivity index is 1.54. The highest BCUT2D eigenvalue weighted by Crippen LogP contribution is 2.51. The van der Waals surface area contributed by atoms with Gasteiger partial charge < -0.3 is 10.3 Å². The topological polar surface area (TPSA) is 43.8 Å². The molecule has 1 heterocycles. The summed E-state index contributed by atoms with van der Waals surface area (Å²) in [6.45, 7) is 0. The highest BCUT2D eigenvalue weighted by molar-refractivity contribution is 5.19. The first kappa shape index (κ1) is 13.1. The van der Waals surface area contributed by atoms with E-state index in [1.165, 1.54) is 36.9 Å². The van der Waals surface area contributed by atoms with E-state index < -0.39 is 0 Å². The number of hydrogen-bond acceptors (Lipinski definition) is 2. The van der Waals surface area contributed by atoms with E-state index in [4.69, 9.17) is 5.73 Å². The summed E-state index contributed by atoms with van der Waals surface area (Å²) >= 11 is 0. The minimum absolute atomic E-state index is 0.0361. The fraction of sp³-hybridized carbons (Fsp3) is 0.500. The van der Waals surface area contributed by atoms with Crippen molar-refractivity contribution in [1.29, 1.82) is 0 Å². The first-order valence-electron chi connectivity index (χ1n) is 8.12. The molecule has 0 spiro atoms. The van der Waals surface area contributed by atoms with Gasteiger partial charge in [-0.25, -0.2) is 4.98 Å². The molecule has 0 amide bonds. The van der Waals surface area contributed by atoms with Crippen molar-refractivity contribution >= 4 is 0 Å². The number of fused-ring (bicyclic) bond motifs is 2. The maximum atomic E-state index is 6.48. The predicted octanol–water partition coefficient (Wildman–Crippen LogP) is 3.49. The van der Waals surface area contributed by atoms with Gasteiger partial charge in [0.15, 0.2) is 0 Å². The lowest BCUT2D eigenvalue weighted by atomic mass is 9.94. The van der Waals surface area contributed by atoms with Gasteiger partial charge in [-0.15, -0.1) is 0 Å². The predicted molar refractivity (Wildman–Crippen MR) is 83.8 cm³/mol. The number of hydrogen-bond donors (Lipinski definition) is 1. The van der Waals surface area contributed by atoms with E-state index in [9.17, 15) is 0 Å². The van der Waals surface area contributed by atoms with Gasteiger partial charge in [0.2, 0.25) is 0 Å². The Labute approximate surface area is 126 Å². The van der Waals surface area contributed by atoms with E-state index >= 15 is 0 Å². The van der Waals surface area contributed by atoms with Gasteiger partial charge in [-0.3, -0.25) is 0 Å². The molecule has 1 aromatic heterocycles. The first-order chi connectivity index (χ1) is 10.3. The SMILES string of the molecule is N[C@H](Cc1ccccc1)c1cncn1C1CC2CCC1C2. The molecule has 3 unspecified atom stereocenters. The zero-order chi connectivity index (χ0) is 14.2. The largest absolute Gasteiger partial charge is 0.330 e. The molecule has 0 radical (unpaired) electrons. The molecule has 110 valence electrons. The van der Waals surface area contributed by atoms with Crippen LogP contribution in [0.4, 0.5) is 0 Å². The second-order valence-electron chi connectivity index (χ2n) is 6.76. The van der Waals surface area contributed by atoms with Crippen molar-refractivity contribution in [1.82, 2.24) is 9.55 Å². The Bertz CT molecular complexity index is 604. The molecule has 2 bridgehead atoms. The molecule has 2 N–H and O–H groups in total. The van der Waals surface area contributed by atoms with E-state index in [1.807, 2.05) is 12.5 Å². The van der Waals surface area contributed by atoms with Crippen LogP contribution >= 0.6 is 0 Å². The van der Waals surface area contributed by atoms with Gasteiger partial charge in [-0.05, 0) is 43.1 Å². The number of rotatable bonds is 4. The Morgan fingerprint density at radius 1 is 1.19 bits per heavy atom. The monoisotopic (exact) mass is 281 g/mol. The number of nitrogens with two attached hydrogens (primary N) is 1. The van der Waals surface area contributed by atoms with Crippen molar-refractivity contribution < 1.29 is 0 Å². The molecule has 4 atom stereocenters. The van der Waals surface area contributed by atoms with Gasteiger partial charge in [-0.2, -0.15) is 0 Å². The normalized spacial score (nSPS) is 28.9. The molecule has 21 heavy (non-hydrogen) atoms. The molecular formula is C18H23N3. The van der Waals surface area contributed by atoms with E-state index in [2.05, 4.69) is 39.9 Å². The fourth-order valence-electron chi connectivity index (χ4n) is 4.40.